The lowest BCUT2D eigenvalue weighted by Crippen LogP contribution is -2.11. The first-order chi connectivity index (χ1) is 10.6. The summed E-state index contributed by atoms with van der Waals surface area (Å²) in [6.45, 7) is 1.84. The van der Waals surface area contributed by atoms with Crippen LogP contribution >= 0.6 is 22.9 Å². The van der Waals surface area contributed by atoms with E-state index >= 15 is 0 Å². The van der Waals surface area contributed by atoms with Gasteiger partial charge in [-0.25, -0.2) is 4.98 Å². The lowest BCUT2D eigenvalue weighted by Gasteiger charge is -2.04. The number of halogens is 1. The number of aromatic nitrogens is 1. The highest BCUT2D eigenvalue weighted by molar-refractivity contribution is 7.17. The van der Waals surface area contributed by atoms with Gasteiger partial charge in [0.25, 0.3) is 5.91 Å². The van der Waals surface area contributed by atoms with Crippen molar-refractivity contribution in [3.63, 3.8) is 0 Å². The van der Waals surface area contributed by atoms with Gasteiger partial charge in [0.15, 0.2) is 0 Å². The van der Waals surface area contributed by atoms with E-state index in [-0.39, 0.29) is 5.91 Å². The summed E-state index contributed by atoms with van der Waals surface area (Å²) >= 11 is 7.32. The van der Waals surface area contributed by atoms with Gasteiger partial charge in [0.1, 0.15) is 9.88 Å². The first-order valence-corrected chi connectivity index (χ1v) is 7.93. The minimum atomic E-state index is -0.167. The molecule has 110 valence electrons. The summed E-state index contributed by atoms with van der Waals surface area (Å²) in [6, 6.07) is 16.9. The number of nitrogens with one attached hydrogen (secondary N) is 1. The van der Waals surface area contributed by atoms with Crippen LogP contribution in [0, 0.1) is 6.92 Å². The van der Waals surface area contributed by atoms with E-state index in [1.54, 1.807) is 24.3 Å². The topological polar surface area (TPSA) is 42.0 Å². The monoisotopic (exact) mass is 328 g/mol. The highest BCUT2D eigenvalue weighted by atomic mass is 35.5. The van der Waals surface area contributed by atoms with Gasteiger partial charge < -0.3 is 5.32 Å². The molecule has 1 aromatic heterocycles. The van der Waals surface area contributed by atoms with Crippen molar-refractivity contribution >= 4 is 34.5 Å². The molecular formula is C17H13ClN2OS. The predicted octanol–water partition coefficient (Wildman–Crippen LogP) is 5.02. The molecule has 0 radical (unpaired) electrons. The molecule has 22 heavy (non-hydrogen) atoms. The third kappa shape index (κ3) is 3.18. The second-order valence-corrected chi connectivity index (χ2v) is 6.20. The molecule has 1 heterocycles. The van der Waals surface area contributed by atoms with Crippen LogP contribution in [0.3, 0.4) is 0 Å². The fourth-order valence-electron chi connectivity index (χ4n) is 2.07. The number of hydrogen-bond donors (Lipinski definition) is 1. The van der Waals surface area contributed by atoms with Crippen molar-refractivity contribution in [1.82, 2.24) is 4.98 Å². The molecule has 0 unspecified atom stereocenters. The number of nitrogens with zero attached hydrogens (tertiary/aromatic N) is 1. The van der Waals surface area contributed by atoms with E-state index < -0.39 is 0 Å². The first-order valence-electron chi connectivity index (χ1n) is 6.73. The van der Waals surface area contributed by atoms with Crippen molar-refractivity contribution in [2.24, 2.45) is 0 Å². The van der Waals surface area contributed by atoms with Gasteiger partial charge >= 0.3 is 0 Å². The van der Waals surface area contributed by atoms with Crippen LogP contribution in [0.4, 0.5) is 5.69 Å². The Morgan fingerprint density at radius 1 is 1.14 bits per heavy atom. The van der Waals surface area contributed by atoms with Crippen molar-refractivity contribution in [2.75, 3.05) is 5.32 Å². The zero-order chi connectivity index (χ0) is 15.5. The van der Waals surface area contributed by atoms with E-state index in [2.05, 4.69) is 10.3 Å². The van der Waals surface area contributed by atoms with Crippen molar-refractivity contribution in [1.29, 1.82) is 0 Å². The Hall–Kier alpha value is -2.17. The molecule has 2 aromatic carbocycles. The van der Waals surface area contributed by atoms with Crippen LogP contribution in [-0.2, 0) is 0 Å². The SMILES string of the molecule is Cc1nc(-c2ccccc2)sc1C(=O)Nc1cccc(Cl)c1. The van der Waals surface area contributed by atoms with E-state index in [0.29, 0.717) is 15.6 Å². The van der Waals surface area contributed by atoms with E-state index in [0.717, 1.165) is 16.3 Å². The molecule has 0 aliphatic carbocycles. The third-order valence-electron chi connectivity index (χ3n) is 3.11. The molecule has 3 aromatic rings. The lowest BCUT2D eigenvalue weighted by molar-refractivity contribution is 0.103. The van der Waals surface area contributed by atoms with Gasteiger partial charge in [-0.1, -0.05) is 48.0 Å². The van der Waals surface area contributed by atoms with Crippen molar-refractivity contribution in [3.8, 4) is 10.6 Å². The molecular weight excluding hydrogens is 316 g/mol. The first kappa shape index (κ1) is 14.8. The van der Waals surface area contributed by atoms with Gasteiger partial charge in [-0.3, -0.25) is 4.79 Å². The highest BCUT2D eigenvalue weighted by Gasteiger charge is 2.16. The molecule has 0 spiro atoms. The summed E-state index contributed by atoms with van der Waals surface area (Å²) in [7, 11) is 0. The molecule has 0 aliphatic rings. The number of rotatable bonds is 3. The van der Waals surface area contributed by atoms with Gasteiger partial charge in [0.2, 0.25) is 0 Å². The minimum Gasteiger partial charge on any atom is -0.321 e. The molecule has 0 aliphatic heterocycles. The number of thiazole rings is 1. The van der Waals surface area contributed by atoms with Crippen LogP contribution in [0.5, 0.6) is 0 Å². The maximum absolute atomic E-state index is 12.4. The van der Waals surface area contributed by atoms with Crippen LogP contribution in [0.15, 0.2) is 54.6 Å². The second-order valence-electron chi connectivity index (χ2n) is 4.76. The lowest BCUT2D eigenvalue weighted by atomic mass is 10.2. The van der Waals surface area contributed by atoms with Gasteiger partial charge in [-0.05, 0) is 25.1 Å². The quantitative estimate of drug-likeness (QED) is 0.733. The highest BCUT2D eigenvalue weighted by Crippen LogP contribution is 2.28. The van der Waals surface area contributed by atoms with Gasteiger partial charge in [0, 0.05) is 16.3 Å². The van der Waals surface area contributed by atoms with Gasteiger partial charge in [-0.15, -0.1) is 11.3 Å². The Labute approximate surface area is 137 Å². The smallest absolute Gasteiger partial charge is 0.267 e. The Morgan fingerprint density at radius 2 is 1.91 bits per heavy atom. The normalized spacial score (nSPS) is 10.5. The maximum atomic E-state index is 12.4. The van der Waals surface area contributed by atoms with E-state index in [1.807, 2.05) is 37.3 Å². The van der Waals surface area contributed by atoms with Crippen LogP contribution in [0.2, 0.25) is 5.02 Å². The predicted molar refractivity (Wildman–Crippen MR) is 91.7 cm³/mol. The van der Waals surface area contributed by atoms with Crippen LogP contribution in [0.25, 0.3) is 10.6 Å². The molecule has 0 fully saturated rings. The van der Waals surface area contributed by atoms with Gasteiger partial charge in [0.05, 0.1) is 5.69 Å². The summed E-state index contributed by atoms with van der Waals surface area (Å²) in [4.78, 5) is 17.5. The zero-order valence-corrected chi connectivity index (χ0v) is 13.4. The number of anilines is 1. The summed E-state index contributed by atoms with van der Waals surface area (Å²) in [5, 5.41) is 4.28. The molecule has 5 heteroatoms. The molecule has 3 rings (SSSR count). The molecule has 3 nitrogen and oxygen atoms in total. The van der Waals surface area contributed by atoms with E-state index in [1.165, 1.54) is 11.3 Å². The molecule has 0 atom stereocenters. The molecule has 0 saturated heterocycles. The Bertz CT molecular complexity index is 815. The minimum absolute atomic E-state index is 0.167. The Kier molecular flexibility index (Phi) is 4.22. The summed E-state index contributed by atoms with van der Waals surface area (Å²) < 4.78 is 0. The van der Waals surface area contributed by atoms with Crippen LogP contribution < -0.4 is 5.32 Å². The Morgan fingerprint density at radius 3 is 2.64 bits per heavy atom. The number of benzene rings is 2. The van der Waals surface area contributed by atoms with Crippen LogP contribution in [0.1, 0.15) is 15.4 Å². The second kappa shape index (κ2) is 6.30. The summed E-state index contributed by atoms with van der Waals surface area (Å²) in [5.74, 6) is -0.167. The Balaban J connectivity index is 1.86. The van der Waals surface area contributed by atoms with Crippen molar-refractivity contribution < 1.29 is 4.79 Å². The fourth-order valence-corrected chi connectivity index (χ4v) is 3.22. The molecule has 1 amide bonds. The average molecular weight is 329 g/mol. The zero-order valence-electron chi connectivity index (χ0n) is 11.8. The van der Waals surface area contributed by atoms with Gasteiger partial charge in [-0.2, -0.15) is 0 Å². The third-order valence-corrected chi connectivity index (χ3v) is 4.55. The number of carbonyl (C=O) groups is 1. The summed E-state index contributed by atoms with van der Waals surface area (Å²) in [5.41, 5.74) is 2.41. The average Bonchev–Trinajstić information content (AvgIpc) is 2.90. The molecule has 1 N–H and O–H groups in total. The number of aryl methyl sites for hydroxylation is 1. The fraction of sp³-hybridized carbons (Fsp3) is 0.0588. The number of hydrogen-bond acceptors (Lipinski definition) is 3. The summed E-state index contributed by atoms with van der Waals surface area (Å²) in [6.07, 6.45) is 0. The van der Waals surface area contributed by atoms with Crippen LogP contribution in [-0.4, -0.2) is 10.9 Å². The maximum Gasteiger partial charge on any atom is 0.267 e. The van der Waals surface area contributed by atoms with E-state index in [4.69, 9.17) is 11.6 Å². The number of carbonyl (C=O) groups excluding carboxylic acids is 1. The standard InChI is InChI=1S/C17H13ClN2OS/c1-11-15(16(21)20-14-9-5-8-13(18)10-14)22-17(19-11)12-6-3-2-4-7-12/h2-10H,1H3,(H,20,21). The molecule has 0 saturated carbocycles. The number of amides is 1. The molecule has 0 bridgehead atoms. The largest absolute Gasteiger partial charge is 0.321 e. The van der Waals surface area contributed by atoms with E-state index in [9.17, 15) is 4.79 Å². The van der Waals surface area contributed by atoms with Crippen molar-refractivity contribution in [3.05, 3.63) is 70.2 Å². The van der Waals surface area contributed by atoms with Crippen molar-refractivity contribution in [2.45, 2.75) is 6.92 Å².